The van der Waals surface area contributed by atoms with Crippen LogP contribution in [0.3, 0.4) is 0 Å². The number of hydrogen-bond donors (Lipinski definition) is 2. The van der Waals surface area contributed by atoms with Gasteiger partial charge in [0.25, 0.3) is 0 Å². The second-order valence-electron chi connectivity index (χ2n) is 5.54. The molecule has 0 bridgehead atoms. The van der Waals surface area contributed by atoms with Crippen LogP contribution in [0.5, 0.6) is 11.5 Å². The zero-order valence-electron chi connectivity index (χ0n) is 13.9. The van der Waals surface area contributed by atoms with E-state index in [1.165, 1.54) is 0 Å². The van der Waals surface area contributed by atoms with E-state index in [0.717, 1.165) is 33.5 Å². The Morgan fingerprint density at radius 2 is 2.16 bits per heavy atom. The predicted molar refractivity (Wildman–Crippen MR) is 114 cm³/mol. The van der Waals surface area contributed by atoms with E-state index in [4.69, 9.17) is 15.2 Å². The fourth-order valence-electron chi connectivity index (χ4n) is 2.70. The molecule has 1 aliphatic rings. The summed E-state index contributed by atoms with van der Waals surface area (Å²) in [6, 6.07) is 14.0. The molecule has 1 aliphatic heterocycles. The molecule has 0 saturated heterocycles. The Balaban J connectivity index is 0.00000225. The number of halogens is 2. The number of hydrogen-bond acceptors (Lipinski definition) is 3. The van der Waals surface area contributed by atoms with Crippen molar-refractivity contribution < 1.29 is 9.47 Å². The molecule has 3 N–H and O–H groups in total. The SMILES string of the molecule is COc1ccc(CN=C(N)NC2CCOc3ccccc32)cc1Br.I. The fourth-order valence-corrected chi connectivity index (χ4v) is 3.29. The Hall–Kier alpha value is -1.48. The standard InChI is InChI=1S/C18H20BrN3O2.HI/c1-23-17-7-6-12(10-14(17)19)11-21-18(20)22-15-8-9-24-16-5-3-2-4-13(15)16;/h2-7,10,15H,8-9,11H2,1H3,(H3,20,21,22);1H. The van der Waals surface area contributed by atoms with Crippen LogP contribution in [-0.4, -0.2) is 19.7 Å². The number of benzene rings is 2. The third kappa shape index (κ3) is 5.01. The molecule has 0 aliphatic carbocycles. The number of rotatable bonds is 4. The van der Waals surface area contributed by atoms with Crippen LogP contribution in [0.15, 0.2) is 51.9 Å². The topological polar surface area (TPSA) is 68.9 Å². The Bertz CT molecular complexity index is 755. The van der Waals surface area contributed by atoms with Crippen molar-refractivity contribution in [3.8, 4) is 11.5 Å². The van der Waals surface area contributed by atoms with E-state index < -0.39 is 0 Å². The first-order chi connectivity index (χ1) is 11.7. The monoisotopic (exact) mass is 517 g/mol. The molecule has 0 spiro atoms. The Kier molecular flexibility index (Phi) is 7.37. The van der Waals surface area contributed by atoms with Gasteiger partial charge in [-0.15, -0.1) is 24.0 Å². The molecular weight excluding hydrogens is 497 g/mol. The molecule has 0 aromatic heterocycles. The quantitative estimate of drug-likeness (QED) is 0.365. The summed E-state index contributed by atoms with van der Waals surface area (Å²) in [7, 11) is 1.64. The first-order valence-electron chi connectivity index (χ1n) is 7.78. The van der Waals surface area contributed by atoms with Crippen molar-refractivity contribution in [1.29, 1.82) is 0 Å². The lowest BCUT2D eigenvalue weighted by Crippen LogP contribution is -2.37. The third-order valence-corrected chi connectivity index (χ3v) is 4.55. The number of ether oxygens (including phenoxy) is 2. The molecule has 7 heteroatoms. The summed E-state index contributed by atoms with van der Waals surface area (Å²) in [5.41, 5.74) is 8.24. The van der Waals surface area contributed by atoms with Gasteiger partial charge in [0, 0.05) is 12.0 Å². The minimum atomic E-state index is 0. The second-order valence-corrected chi connectivity index (χ2v) is 6.40. The van der Waals surface area contributed by atoms with Crippen molar-refractivity contribution in [1.82, 2.24) is 5.32 Å². The zero-order valence-corrected chi connectivity index (χ0v) is 17.8. The van der Waals surface area contributed by atoms with E-state index in [-0.39, 0.29) is 30.0 Å². The Labute approximate surface area is 173 Å². The first kappa shape index (κ1) is 19.8. The highest BCUT2D eigenvalue weighted by molar-refractivity contribution is 14.0. The van der Waals surface area contributed by atoms with Gasteiger partial charge in [-0.3, -0.25) is 0 Å². The Morgan fingerprint density at radius 3 is 2.92 bits per heavy atom. The molecule has 5 nitrogen and oxygen atoms in total. The lowest BCUT2D eigenvalue weighted by Gasteiger charge is -2.26. The summed E-state index contributed by atoms with van der Waals surface area (Å²) in [4.78, 5) is 4.44. The normalized spacial score (nSPS) is 16.2. The smallest absolute Gasteiger partial charge is 0.189 e. The van der Waals surface area contributed by atoms with E-state index in [9.17, 15) is 0 Å². The van der Waals surface area contributed by atoms with Crippen molar-refractivity contribution in [3.05, 3.63) is 58.1 Å². The molecule has 134 valence electrons. The lowest BCUT2D eigenvalue weighted by atomic mass is 10.0. The van der Waals surface area contributed by atoms with Crippen molar-refractivity contribution >= 4 is 45.9 Å². The summed E-state index contributed by atoms with van der Waals surface area (Å²) in [5, 5.41) is 3.29. The van der Waals surface area contributed by atoms with Crippen LogP contribution in [0, 0.1) is 0 Å². The minimum absolute atomic E-state index is 0. The van der Waals surface area contributed by atoms with E-state index in [1.54, 1.807) is 7.11 Å². The van der Waals surface area contributed by atoms with Gasteiger partial charge in [-0.05, 0) is 39.7 Å². The van der Waals surface area contributed by atoms with Gasteiger partial charge in [0.15, 0.2) is 5.96 Å². The summed E-state index contributed by atoms with van der Waals surface area (Å²) in [6.45, 7) is 1.18. The van der Waals surface area contributed by atoms with Crippen molar-refractivity contribution in [2.24, 2.45) is 10.7 Å². The summed E-state index contributed by atoms with van der Waals surface area (Å²) < 4.78 is 11.8. The maximum absolute atomic E-state index is 6.07. The number of para-hydroxylation sites is 1. The molecule has 0 fully saturated rings. The van der Waals surface area contributed by atoms with Crippen LogP contribution in [0.25, 0.3) is 0 Å². The molecular formula is C18H21BrIN3O2. The average molecular weight is 518 g/mol. The van der Waals surface area contributed by atoms with Gasteiger partial charge in [0.05, 0.1) is 30.8 Å². The molecule has 0 saturated carbocycles. The average Bonchev–Trinajstić information content (AvgIpc) is 2.60. The highest BCUT2D eigenvalue weighted by Crippen LogP contribution is 2.31. The molecule has 1 unspecified atom stereocenters. The Morgan fingerprint density at radius 1 is 1.36 bits per heavy atom. The maximum atomic E-state index is 6.07. The summed E-state index contributed by atoms with van der Waals surface area (Å²) >= 11 is 3.48. The van der Waals surface area contributed by atoms with E-state index >= 15 is 0 Å². The number of fused-ring (bicyclic) bond motifs is 1. The lowest BCUT2D eigenvalue weighted by molar-refractivity contribution is 0.262. The van der Waals surface area contributed by atoms with Crippen LogP contribution in [-0.2, 0) is 6.54 Å². The van der Waals surface area contributed by atoms with Crippen LogP contribution in [0.2, 0.25) is 0 Å². The summed E-state index contributed by atoms with van der Waals surface area (Å²) in [5.74, 6) is 2.14. The molecule has 2 aromatic rings. The highest BCUT2D eigenvalue weighted by Gasteiger charge is 2.21. The molecule has 0 amide bonds. The molecule has 1 heterocycles. The maximum Gasteiger partial charge on any atom is 0.189 e. The van der Waals surface area contributed by atoms with Crippen molar-refractivity contribution in [3.63, 3.8) is 0 Å². The number of nitrogens with two attached hydrogens (primary N) is 1. The van der Waals surface area contributed by atoms with Crippen LogP contribution >= 0.6 is 39.9 Å². The fraction of sp³-hybridized carbons (Fsp3) is 0.278. The van der Waals surface area contributed by atoms with E-state index in [2.05, 4.69) is 32.3 Å². The number of aliphatic imine (C=N–C) groups is 1. The van der Waals surface area contributed by atoms with Gasteiger partial charge >= 0.3 is 0 Å². The molecule has 25 heavy (non-hydrogen) atoms. The number of nitrogens with zero attached hydrogens (tertiary/aromatic N) is 1. The van der Waals surface area contributed by atoms with Gasteiger partial charge in [-0.1, -0.05) is 24.3 Å². The first-order valence-corrected chi connectivity index (χ1v) is 8.57. The van der Waals surface area contributed by atoms with Gasteiger partial charge in [0.1, 0.15) is 11.5 Å². The van der Waals surface area contributed by atoms with Gasteiger partial charge in [-0.2, -0.15) is 0 Å². The van der Waals surface area contributed by atoms with Crippen molar-refractivity contribution in [2.45, 2.75) is 19.0 Å². The van der Waals surface area contributed by atoms with Crippen LogP contribution < -0.4 is 20.5 Å². The predicted octanol–water partition coefficient (Wildman–Crippen LogP) is 4.00. The number of nitrogens with one attached hydrogen (secondary N) is 1. The van der Waals surface area contributed by atoms with Crippen LogP contribution in [0.4, 0.5) is 0 Å². The summed E-state index contributed by atoms with van der Waals surface area (Å²) in [6.07, 6.45) is 0.862. The second kappa shape index (κ2) is 9.28. The van der Waals surface area contributed by atoms with E-state index in [0.29, 0.717) is 19.1 Å². The van der Waals surface area contributed by atoms with Gasteiger partial charge in [0.2, 0.25) is 0 Å². The largest absolute Gasteiger partial charge is 0.496 e. The third-order valence-electron chi connectivity index (χ3n) is 3.93. The van der Waals surface area contributed by atoms with Crippen molar-refractivity contribution in [2.75, 3.05) is 13.7 Å². The van der Waals surface area contributed by atoms with Crippen LogP contribution in [0.1, 0.15) is 23.6 Å². The molecule has 2 aromatic carbocycles. The molecule has 3 rings (SSSR count). The minimum Gasteiger partial charge on any atom is -0.496 e. The zero-order chi connectivity index (χ0) is 16.9. The molecule has 0 radical (unpaired) electrons. The molecule has 1 atom stereocenters. The number of methoxy groups -OCH3 is 1. The van der Waals surface area contributed by atoms with Gasteiger partial charge in [-0.25, -0.2) is 4.99 Å². The number of guanidine groups is 1. The van der Waals surface area contributed by atoms with E-state index in [1.807, 2.05) is 36.4 Å². The highest BCUT2D eigenvalue weighted by atomic mass is 127. The van der Waals surface area contributed by atoms with Gasteiger partial charge < -0.3 is 20.5 Å².